The van der Waals surface area contributed by atoms with E-state index in [4.69, 9.17) is 5.11 Å². The minimum atomic E-state index is -0.872. The molecule has 3 nitrogen and oxygen atoms in total. The fourth-order valence-corrected chi connectivity index (χ4v) is 2.32. The van der Waals surface area contributed by atoms with Crippen LogP contribution in [0, 0.1) is 6.92 Å². The lowest BCUT2D eigenvalue weighted by molar-refractivity contribution is 0.0697. The molecule has 1 N–H and O–H groups in total. The van der Waals surface area contributed by atoms with E-state index in [1.54, 1.807) is 12.1 Å². The van der Waals surface area contributed by atoms with Crippen LogP contribution in [-0.4, -0.2) is 15.6 Å². The molecule has 0 atom stereocenters. The second-order valence-electron chi connectivity index (χ2n) is 4.02. The smallest absolute Gasteiger partial charge is 0.335 e. The van der Waals surface area contributed by atoms with Crippen molar-refractivity contribution in [3.63, 3.8) is 0 Å². The zero-order valence-corrected chi connectivity index (χ0v) is 9.74. The molecule has 0 amide bonds. The number of aryl methyl sites for hydroxylation is 2. The van der Waals surface area contributed by atoms with Gasteiger partial charge in [0, 0.05) is 23.6 Å². The Hall–Kier alpha value is -1.77. The van der Waals surface area contributed by atoms with Crippen molar-refractivity contribution < 1.29 is 9.90 Å². The molecule has 0 spiro atoms. The lowest BCUT2D eigenvalue weighted by Crippen LogP contribution is -1.96. The summed E-state index contributed by atoms with van der Waals surface area (Å²) < 4.78 is 2.14. The zero-order chi connectivity index (χ0) is 11.9. The number of benzene rings is 1. The third-order valence-electron chi connectivity index (χ3n) is 3.18. The maximum atomic E-state index is 10.9. The van der Waals surface area contributed by atoms with Crippen LogP contribution in [0.4, 0.5) is 0 Å². The Balaban J connectivity index is 2.79. The summed E-state index contributed by atoms with van der Waals surface area (Å²) in [6.07, 6.45) is 0.958. The first-order valence-corrected chi connectivity index (χ1v) is 5.37. The lowest BCUT2D eigenvalue weighted by atomic mass is 10.1. The lowest BCUT2D eigenvalue weighted by Gasteiger charge is -2.01. The molecular formula is C13H15NO2. The van der Waals surface area contributed by atoms with Crippen LogP contribution in [0.5, 0.6) is 0 Å². The van der Waals surface area contributed by atoms with Gasteiger partial charge in [0.2, 0.25) is 0 Å². The van der Waals surface area contributed by atoms with Crippen LogP contribution < -0.4 is 0 Å². The molecule has 0 saturated heterocycles. The number of aromatic carboxylic acids is 1. The van der Waals surface area contributed by atoms with Crippen LogP contribution in [0.25, 0.3) is 10.9 Å². The monoisotopic (exact) mass is 217 g/mol. The molecule has 2 rings (SSSR count). The van der Waals surface area contributed by atoms with Gasteiger partial charge in [0.25, 0.3) is 0 Å². The van der Waals surface area contributed by atoms with E-state index in [0.717, 1.165) is 17.3 Å². The van der Waals surface area contributed by atoms with Crippen LogP contribution in [0.1, 0.15) is 28.5 Å². The predicted molar refractivity (Wildman–Crippen MR) is 64.0 cm³/mol. The Morgan fingerprint density at radius 1 is 1.44 bits per heavy atom. The molecule has 0 fully saturated rings. The second-order valence-corrected chi connectivity index (χ2v) is 4.02. The highest BCUT2D eigenvalue weighted by atomic mass is 16.4. The van der Waals surface area contributed by atoms with Crippen LogP contribution >= 0.6 is 0 Å². The van der Waals surface area contributed by atoms with Crippen molar-refractivity contribution in [3.8, 4) is 0 Å². The van der Waals surface area contributed by atoms with E-state index >= 15 is 0 Å². The van der Waals surface area contributed by atoms with Crippen molar-refractivity contribution in [3.05, 3.63) is 35.0 Å². The summed E-state index contributed by atoms with van der Waals surface area (Å²) >= 11 is 0. The topological polar surface area (TPSA) is 42.2 Å². The number of aromatic nitrogens is 1. The van der Waals surface area contributed by atoms with Gasteiger partial charge < -0.3 is 9.67 Å². The van der Waals surface area contributed by atoms with Crippen molar-refractivity contribution >= 4 is 16.9 Å². The van der Waals surface area contributed by atoms with E-state index in [1.165, 1.54) is 11.3 Å². The van der Waals surface area contributed by atoms with Crippen molar-refractivity contribution in [1.82, 2.24) is 4.57 Å². The summed E-state index contributed by atoms with van der Waals surface area (Å²) in [5.74, 6) is -0.872. The average Bonchev–Trinajstić information content (AvgIpc) is 2.51. The fraction of sp³-hybridized carbons (Fsp3) is 0.308. The van der Waals surface area contributed by atoms with Gasteiger partial charge in [-0.25, -0.2) is 4.79 Å². The molecule has 0 radical (unpaired) electrons. The quantitative estimate of drug-likeness (QED) is 0.840. The number of hydrogen-bond acceptors (Lipinski definition) is 1. The molecule has 0 aliphatic carbocycles. The highest BCUT2D eigenvalue weighted by Crippen LogP contribution is 2.26. The normalized spacial score (nSPS) is 10.9. The van der Waals surface area contributed by atoms with E-state index in [0.29, 0.717) is 5.56 Å². The van der Waals surface area contributed by atoms with Gasteiger partial charge in [-0.15, -0.1) is 0 Å². The maximum absolute atomic E-state index is 10.9. The maximum Gasteiger partial charge on any atom is 0.335 e. The van der Waals surface area contributed by atoms with E-state index in [9.17, 15) is 4.79 Å². The van der Waals surface area contributed by atoms with E-state index in [2.05, 4.69) is 11.5 Å². The first kappa shape index (κ1) is 10.7. The Kier molecular flexibility index (Phi) is 2.46. The summed E-state index contributed by atoms with van der Waals surface area (Å²) in [5.41, 5.74) is 3.89. The third-order valence-corrected chi connectivity index (χ3v) is 3.18. The highest BCUT2D eigenvalue weighted by molar-refractivity contribution is 5.95. The summed E-state index contributed by atoms with van der Waals surface area (Å²) in [7, 11) is 2.02. The molecule has 0 aliphatic heterocycles. The van der Waals surface area contributed by atoms with Crippen molar-refractivity contribution in [2.75, 3.05) is 0 Å². The summed E-state index contributed by atoms with van der Waals surface area (Å²) in [5, 5.41) is 10.0. The van der Waals surface area contributed by atoms with Gasteiger partial charge in [-0.05, 0) is 37.1 Å². The minimum Gasteiger partial charge on any atom is -0.478 e. The predicted octanol–water partition coefficient (Wildman–Crippen LogP) is 2.75. The molecule has 1 aromatic heterocycles. The van der Waals surface area contributed by atoms with Gasteiger partial charge in [-0.2, -0.15) is 0 Å². The van der Waals surface area contributed by atoms with Crippen molar-refractivity contribution in [2.24, 2.45) is 7.05 Å². The number of carbonyl (C=O) groups is 1. The van der Waals surface area contributed by atoms with E-state index in [1.807, 2.05) is 20.0 Å². The van der Waals surface area contributed by atoms with Gasteiger partial charge in [-0.3, -0.25) is 0 Å². The molecule has 2 aromatic rings. The van der Waals surface area contributed by atoms with Gasteiger partial charge in [0.1, 0.15) is 0 Å². The van der Waals surface area contributed by atoms with Gasteiger partial charge in [0.15, 0.2) is 0 Å². The largest absolute Gasteiger partial charge is 0.478 e. The number of nitrogens with zero attached hydrogens (tertiary/aromatic N) is 1. The Labute approximate surface area is 94.3 Å². The Morgan fingerprint density at radius 3 is 2.69 bits per heavy atom. The molecule has 1 heterocycles. The number of rotatable bonds is 2. The Bertz CT molecular complexity index is 567. The molecule has 3 heteroatoms. The van der Waals surface area contributed by atoms with Crippen LogP contribution in [-0.2, 0) is 13.5 Å². The van der Waals surface area contributed by atoms with E-state index < -0.39 is 5.97 Å². The molecule has 0 saturated carbocycles. The minimum absolute atomic E-state index is 0.351. The fourth-order valence-electron chi connectivity index (χ4n) is 2.32. The third kappa shape index (κ3) is 1.40. The zero-order valence-electron chi connectivity index (χ0n) is 9.74. The number of carboxylic acids is 1. The second kappa shape index (κ2) is 3.67. The van der Waals surface area contributed by atoms with Crippen molar-refractivity contribution in [1.29, 1.82) is 0 Å². The summed E-state index contributed by atoms with van der Waals surface area (Å²) in [6, 6.07) is 5.29. The van der Waals surface area contributed by atoms with E-state index in [-0.39, 0.29) is 0 Å². The first-order valence-electron chi connectivity index (χ1n) is 5.37. The molecule has 0 bridgehead atoms. The SMILES string of the molecule is CCc1c(C)c2cc(C(=O)O)ccc2n1C. The number of fused-ring (bicyclic) bond motifs is 1. The molecular weight excluding hydrogens is 202 g/mol. The van der Waals surface area contributed by atoms with Gasteiger partial charge >= 0.3 is 5.97 Å². The first-order chi connectivity index (χ1) is 7.56. The van der Waals surface area contributed by atoms with Crippen LogP contribution in [0.3, 0.4) is 0 Å². The highest BCUT2D eigenvalue weighted by Gasteiger charge is 2.12. The van der Waals surface area contributed by atoms with Crippen molar-refractivity contribution in [2.45, 2.75) is 20.3 Å². The number of carboxylic acid groups (broad SMARTS) is 1. The van der Waals surface area contributed by atoms with Gasteiger partial charge in [0.05, 0.1) is 5.56 Å². The average molecular weight is 217 g/mol. The standard InChI is InChI=1S/C13H15NO2/c1-4-11-8(2)10-7-9(13(15)16)5-6-12(10)14(11)3/h5-7H,4H2,1-3H3,(H,15,16). The summed E-state index contributed by atoms with van der Waals surface area (Å²) in [4.78, 5) is 10.9. The Morgan fingerprint density at radius 2 is 2.12 bits per heavy atom. The number of hydrogen-bond donors (Lipinski definition) is 1. The molecule has 0 unspecified atom stereocenters. The molecule has 1 aromatic carbocycles. The van der Waals surface area contributed by atoms with Crippen LogP contribution in [0.2, 0.25) is 0 Å². The molecule has 0 aliphatic rings. The summed E-state index contributed by atoms with van der Waals surface area (Å²) in [6.45, 7) is 4.16. The molecule has 16 heavy (non-hydrogen) atoms. The molecule has 84 valence electrons. The van der Waals surface area contributed by atoms with Gasteiger partial charge in [-0.1, -0.05) is 6.92 Å². The van der Waals surface area contributed by atoms with Crippen LogP contribution in [0.15, 0.2) is 18.2 Å².